The average molecular weight is 722 g/mol. The Kier molecular flexibility index (Phi) is 10.9. The van der Waals surface area contributed by atoms with Crippen LogP contribution in [0.5, 0.6) is 11.5 Å². The van der Waals surface area contributed by atoms with E-state index in [-0.39, 0.29) is 12.0 Å². The largest absolute Gasteiger partial charge is 0.497 e. The Morgan fingerprint density at radius 3 is 1.88 bits per heavy atom. The lowest BCUT2D eigenvalue weighted by Crippen LogP contribution is -2.58. The van der Waals surface area contributed by atoms with Gasteiger partial charge in [0, 0.05) is 37.5 Å². The molecule has 4 aromatic carbocycles. The summed E-state index contributed by atoms with van der Waals surface area (Å²) in [7, 11) is 1.08. The summed E-state index contributed by atoms with van der Waals surface area (Å²) in [6.07, 6.45) is -0.294. The molecule has 4 amide bonds. The van der Waals surface area contributed by atoms with Crippen molar-refractivity contribution in [1.82, 2.24) is 14.8 Å². The highest BCUT2D eigenvalue weighted by Gasteiger charge is 2.63. The predicted octanol–water partition coefficient (Wildman–Crippen LogP) is 4.28. The second kappa shape index (κ2) is 15.1. The summed E-state index contributed by atoms with van der Waals surface area (Å²) >= 11 is 0. The van der Waals surface area contributed by atoms with Crippen molar-refractivity contribution in [2.75, 3.05) is 38.1 Å². The molecule has 0 saturated heterocycles. The van der Waals surface area contributed by atoms with Gasteiger partial charge in [0.1, 0.15) is 34.7 Å². The van der Waals surface area contributed by atoms with Crippen molar-refractivity contribution in [3.63, 3.8) is 0 Å². The Balaban J connectivity index is 1.38. The maximum atomic E-state index is 14.1. The van der Waals surface area contributed by atoms with Gasteiger partial charge in [0.15, 0.2) is 0 Å². The van der Waals surface area contributed by atoms with Gasteiger partial charge in [-0.15, -0.1) is 0 Å². The fourth-order valence-electron chi connectivity index (χ4n) is 5.88. The molecule has 1 aliphatic rings. The van der Waals surface area contributed by atoms with Crippen LogP contribution >= 0.6 is 0 Å². The third-order valence-electron chi connectivity index (χ3n) is 8.62. The van der Waals surface area contributed by atoms with Gasteiger partial charge in [0.2, 0.25) is 5.91 Å². The summed E-state index contributed by atoms with van der Waals surface area (Å²) in [4.78, 5) is 43.6. The summed E-state index contributed by atoms with van der Waals surface area (Å²) in [5, 5.41) is 2.58. The maximum absolute atomic E-state index is 14.1. The second-order valence-electron chi connectivity index (χ2n) is 12.0. The first-order chi connectivity index (χ1) is 24.2. The number of hydrogen-bond donors (Lipinski definition) is 3. The SMILES string of the molecule is COc1ccc(N(C)C(=O)[C@H](Cc2cc(F)cc(F)c2)NS(=O)(=O)NC(=O)NC2(C(=O)N(C)c3ccc(OC)cc3)CC2c2ccccc2)cc1. The number of halogens is 2. The number of nitrogens with zero attached hydrogens (tertiary/aromatic N) is 2. The van der Waals surface area contributed by atoms with E-state index in [2.05, 4.69) is 10.0 Å². The van der Waals surface area contributed by atoms with E-state index in [1.165, 1.54) is 33.2 Å². The number of carbonyl (C=O) groups excluding carboxylic acids is 3. The summed E-state index contributed by atoms with van der Waals surface area (Å²) in [6, 6.07) is 21.7. The minimum atomic E-state index is -4.83. The average Bonchev–Trinajstić information content (AvgIpc) is 3.84. The number of ether oxygens (including phenoxy) is 2. The molecule has 0 bridgehead atoms. The first kappa shape index (κ1) is 36.7. The highest BCUT2D eigenvalue weighted by molar-refractivity contribution is 7.88. The quantitative estimate of drug-likeness (QED) is 0.187. The van der Waals surface area contributed by atoms with Gasteiger partial charge in [0.05, 0.1) is 14.2 Å². The number of urea groups is 1. The summed E-state index contributed by atoms with van der Waals surface area (Å²) in [6.45, 7) is 0. The van der Waals surface area contributed by atoms with E-state index in [9.17, 15) is 31.6 Å². The Bertz CT molecular complexity index is 1980. The van der Waals surface area contributed by atoms with Crippen molar-refractivity contribution < 1.29 is 41.1 Å². The summed E-state index contributed by atoms with van der Waals surface area (Å²) < 4.78 is 69.4. The van der Waals surface area contributed by atoms with E-state index in [0.717, 1.165) is 22.6 Å². The Hall–Kier alpha value is -5.54. The fraction of sp³-hybridized carbons (Fsp3) is 0.250. The van der Waals surface area contributed by atoms with Crippen LogP contribution in [0.4, 0.5) is 25.0 Å². The van der Waals surface area contributed by atoms with E-state index in [1.54, 1.807) is 78.9 Å². The van der Waals surface area contributed by atoms with Crippen molar-refractivity contribution in [2.24, 2.45) is 0 Å². The number of hydrogen-bond acceptors (Lipinski definition) is 7. The van der Waals surface area contributed by atoms with Gasteiger partial charge >= 0.3 is 16.2 Å². The van der Waals surface area contributed by atoms with Gasteiger partial charge in [-0.1, -0.05) is 30.3 Å². The number of rotatable bonds is 13. The zero-order valence-electron chi connectivity index (χ0n) is 28.2. The van der Waals surface area contributed by atoms with E-state index in [0.29, 0.717) is 28.9 Å². The standard InChI is InChI=1S/C36H37F2N5O7S/c1-42(27-10-14-29(49-3)15-11-27)33(44)32(20-23-18-25(37)21-26(38)19-23)40-51(47,48)41-35(46)39-36(22-31(36)24-8-6-5-7-9-24)34(45)43(2)28-12-16-30(50-4)17-13-28/h5-19,21,31-32,40H,20,22H2,1-4H3,(H2,39,41,46)/t31?,32-,36?/m0/s1. The molecule has 0 heterocycles. The third-order valence-corrected chi connectivity index (χ3v) is 9.67. The van der Waals surface area contributed by atoms with Gasteiger partial charge in [-0.2, -0.15) is 13.1 Å². The highest BCUT2D eigenvalue weighted by Crippen LogP contribution is 2.52. The first-order valence-corrected chi connectivity index (χ1v) is 17.2. The molecule has 1 saturated carbocycles. The number of benzene rings is 4. The molecule has 1 fully saturated rings. The van der Waals surface area contributed by atoms with Crippen LogP contribution in [0.1, 0.15) is 23.5 Å². The molecule has 51 heavy (non-hydrogen) atoms. The zero-order valence-corrected chi connectivity index (χ0v) is 29.0. The van der Waals surface area contributed by atoms with Crippen LogP contribution < -0.4 is 34.0 Å². The molecule has 3 atom stereocenters. The number of methoxy groups -OCH3 is 2. The molecular weight excluding hydrogens is 684 g/mol. The van der Waals surface area contributed by atoms with Crippen LogP contribution in [0.15, 0.2) is 97.1 Å². The third kappa shape index (κ3) is 8.61. The molecule has 0 spiro atoms. The Morgan fingerprint density at radius 1 is 0.824 bits per heavy atom. The number of anilines is 2. The van der Waals surface area contributed by atoms with Crippen LogP contribution in [0.25, 0.3) is 0 Å². The normalized spacial score (nSPS) is 17.1. The molecule has 1 aliphatic carbocycles. The van der Waals surface area contributed by atoms with Crippen LogP contribution in [-0.2, 0) is 26.2 Å². The molecule has 0 radical (unpaired) electrons. The van der Waals surface area contributed by atoms with E-state index < -0.39 is 63.6 Å². The van der Waals surface area contributed by atoms with Crippen molar-refractivity contribution in [2.45, 2.75) is 30.3 Å². The monoisotopic (exact) mass is 721 g/mol. The molecule has 3 N–H and O–H groups in total. The number of amides is 4. The van der Waals surface area contributed by atoms with Crippen molar-refractivity contribution in [3.8, 4) is 11.5 Å². The molecule has 0 aliphatic heterocycles. The van der Waals surface area contributed by atoms with Gasteiger partial charge in [0.25, 0.3) is 5.91 Å². The van der Waals surface area contributed by atoms with Gasteiger partial charge < -0.3 is 24.6 Å². The van der Waals surface area contributed by atoms with E-state index >= 15 is 0 Å². The van der Waals surface area contributed by atoms with Crippen LogP contribution in [0.3, 0.4) is 0 Å². The molecule has 268 valence electrons. The first-order valence-electron chi connectivity index (χ1n) is 15.7. The van der Waals surface area contributed by atoms with Gasteiger partial charge in [-0.3, -0.25) is 9.59 Å². The zero-order chi connectivity index (χ0) is 36.9. The summed E-state index contributed by atoms with van der Waals surface area (Å²) in [5.41, 5.74) is 0.0916. The minimum Gasteiger partial charge on any atom is -0.497 e. The number of carbonyl (C=O) groups is 3. The van der Waals surface area contributed by atoms with E-state index in [4.69, 9.17) is 9.47 Å². The smallest absolute Gasteiger partial charge is 0.330 e. The predicted molar refractivity (Wildman–Crippen MR) is 187 cm³/mol. The van der Waals surface area contributed by atoms with Crippen LogP contribution in [0.2, 0.25) is 0 Å². The van der Waals surface area contributed by atoms with Gasteiger partial charge in [-0.05, 0) is 84.6 Å². The topological polar surface area (TPSA) is 146 Å². The van der Waals surface area contributed by atoms with Crippen LogP contribution in [-0.4, -0.2) is 66.2 Å². The lowest BCUT2D eigenvalue weighted by molar-refractivity contribution is -0.121. The summed E-state index contributed by atoms with van der Waals surface area (Å²) in [5.74, 6) is -2.53. The number of nitrogens with one attached hydrogen (secondary N) is 3. The molecule has 2 unspecified atom stereocenters. The highest BCUT2D eigenvalue weighted by atomic mass is 32.2. The van der Waals surface area contributed by atoms with Crippen LogP contribution in [0, 0.1) is 11.6 Å². The molecule has 12 nitrogen and oxygen atoms in total. The molecule has 5 rings (SSSR count). The minimum absolute atomic E-state index is 0.0177. The number of likely N-dealkylation sites (N-methyl/N-ethyl adjacent to an activating group) is 2. The lowest BCUT2D eigenvalue weighted by atomic mass is 10.0. The van der Waals surface area contributed by atoms with Crippen molar-refractivity contribution in [3.05, 3.63) is 120 Å². The second-order valence-corrected chi connectivity index (χ2v) is 13.5. The van der Waals surface area contributed by atoms with Crippen molar-refractivity contribution >= 4 is 39.4 Å². The lowest BCUT2D eigenvalue weighted by Gasteiger charge is -2.27. The van der Waals surface area contributed by atoms with Gasteiger partial charge in [-0.25, -0.2) is 18.3 Å². The fourth-order valence-corrected chi connectivity index (χ4v) is 6.79. The molecular formula is C36H37F2N5O7S. The van der Waals surface area contributed by atoms with E-state index in [1.807, 2.05) is 4.72 Å². The Morgan fingerprint density at radius 2 is 1.35 bits per heavy atom. The maximum Gasteiger partial charge on any atom is 0.330 e. The molecule has 15 heteroatoms. The Labute approximate surface area is 294 Å². The molecule has 4 aromatic rings. The molecule has 0 aromatic heterocycles. The van der Waals surface area contributed by atoms with Crippen molar-refractivity contribution in [1.29, 1.82) is 0 Å².